The molecule has 0 atom stereocenters. The average Bonchev–Trinajstić information content (AvgIpc) is 3.35. The van der Waals surface area contributed by atoms with E-state index in [0.717, 1.165) is 56.4 Å². The van der Waals surface area contributed by atoms with Crippen LogP contribution < -0.4 is 18.3 Å². The second kappa shape index (κ2) is 21.9. The Balaban J connectivity index is 1.60. The third kappa shape index (κ3) is 12.4. The largest absolute Gasteiger partial charge is 0.520 e. The molecule has 0 spiro atoms. The van der Waals surface area contributed by atoms with E-state index >= 15 is 0 Å². The molecule has 7 heteroatoms. The molecule has 0 saturated heterocycles. The van der Waals surface area contributed by atoms with Gasteiger partial charge in [-0.2, -0.15) is 0 Å². The summed E-state index contributed by atoms with van der Waals surface area (Å²) in [6.07, 6.45) is 2.45. The zero-order valence-corrected chi connectivity index (χ0v) is 53.0. The third-order valence-corrected chi connectivity index (χ3v) is 26.5. The van der Waals surface area contributed by atoms with Crippen LogP contribution in [0.3, 0.4) is 0 Å². The van der Waals surface area contributed by atoms with Crippen LogP contribution in [-0.2, 0) is 64.7 Å². The zero-order chi connectivity index (χ0) is 56.2. The van der Waals surface area contributed by atoms with Crippen molar-refractivity contribution in [2.45, 2.75) is 221 Å². The molecule has 412 valence electrons. The summed E-state index contributed by atoms with van der Waals surface area (Å²) in [7, 11) is -6.52. The van der Waals surface area contributed by atoms with Crippen LogP contribution in [0.5, 0.6) is 23.0 Å². The van der Waals surface area contributed by atoms with Crippen LogP contribution in [0.15, 0.2) is 109 Å². The van der Waals surface area contributed by atoms with Crippen LogP contribution in [0.2, 0.25) is 22.2 Å². The van der Waals surface area contributed by atoms with E-state index in [1.165, 1.54) is 44.5 Å². The molecule has 2 aliphatic rings. The third-order valence-electron chi connectivity index (χ3n) is 16.5. The van der Waals surface area contributed by atoms with Gasteiger partial charge in [-0.1, -0.05) is 248 Å². The summed E-state index contributed by atoms with van der Waals surface area (Å²) in [6.45, 7) is 47.7. The fraction of sp³-hybridized carbons (Fsp3) is 0.486. The fourth-order valence-electron chi connectivity index (χ4n) is 11.6. The Bertz CT molecular complexity index is 2830. The van der Waals surface area contributed by atoms with Crippen LogP contribution in [-0.4, -0.2) is 17.1 Å². The highest BCUT2D eigenvalue weighted by molar-refractivity contribution is 6.84. The Hall–Kier alpha value is -5.09. The van der Waals surface area contributed by atoms with Crippen LogP contribution in [0.1, 0.15) is 216 Å². The predicted octanol–water partition coefficient (Wildman–Crippen LogP) is 19.0. The first kappa shape index (κ1) is 58.1. The van der Waals surface area contributed by atoms with Gasteiger partial charge < -0.3 is 22.4 Å². The molecular weight excluding hydrogens is 977 g/mol. The van der Waals surface area contributed by atoms with Gasteiger partial charge in [-0.05, 0) is 99.5 Å². The van der Waals surface area contributed by atoms with Gasteiger partial charge >= 0.3 is 17.1 Å². The maximum atomic E-state index is 8.33. The summed E-state index contributed by atoms with van der Waals surface area (Å²) in [5.41, 5.74) is 16.4. The maximum absolute atomic E-state index is 8.33. The molecule has 0 fully saturated rings. The number of hydrogen-bond acceptors (Lipinski definition) is 5. The molecule has 77 heavy (non-hydrogen) atoms. The molecule has 8 rings (SSSR count). The summed E-state index contributed by atoms with van der Waals surface area (Å²) < 4.78 is 39.5. The smallest absolute Gasteiger partial charge is 0.396 e. The van der Waals surface area contributed by atoms with E-state index in [-0.39, 0.29) is 43.8 Å². The molecule has 1 aliphatic heterocycles. The van der Waals surface area contributed by atoms with Gasteiger partial charge in [0.15, 0.2) is 0 Å². The second-order valence-electron chi connectivity index (χ2n) is 28.1. The predicted molar refractivity (Wildman–Crippen MR) is 328 cm³/mol. The average molecular weight is 1070 g/mol. The topological polar surface area (TPSA) is 46.2 Å². The van der Waals surface area contributed by atoms with E-state index < -0.39 is 17.1 Å². The van der Waals surface area contributed by atoms with Crippen LogP contribution >= 0.6 is 0 Å². The minimum absolute atomic E-state index is 0.106. The minimum atomic E-state index is -3.26. The Morgan fingerprint density at radius 1 is 0.364 bits per heavy atom. The monoisotopic (exact) mass is 1070 g/mol. The molecule has 6 aromatic rings. The van der Waals surface area contributed by atoms with Gasteiger partial charge in [-0.25, -0.2) is 0 Å². The normalized spacial score (nSPS) is 15.7. The van der Waals surface area contributed by atoms with Crippen molar-refractivity contribution in [2.75, 3.05) is 0 Å². The van der Waals surface area contributed by atoms with Gasteiger partial charge in [0, 0.05) is 47.8 Å². The first-order chi connectivity index (χ1) is 35.9. The van der Waals surface area contributed by atoms with Crippen molar-refractivity contribution >= 4 is 17.1 Å². The Morgan fingerprint density at radius 2 is 0.597 bits per heavy atom. The molecule has 0 saturated carbocycles. The van der Waals surface area contributed by atoms with E-state index in [1.54, 1.807) is 0 Å². The molecule has 5 nitrogen and oxygen atoms in total. The molecule has 1 aliphatic carbocycles. The van der Waals surface area contributed by atoms with Gasteiger partial charge in [-0.3, -0.25) is 0 Å². The van der Waals surface area contributed by atoms with Gasteiger partial charge in [-0.15, -0.1) is 0 Å². The molecule has 0 unspecified atom stereocenters. The summed E-state index contributed by atoms with van der Waals surface area (Å²) in [5.74, 6) is 3.79. The molecule has 0 N–H and O–H groups in total. The quantitative estimate of drug-likeness (QED) is 0.128. The number of benzene rings is 6. The highest BCUT2D eigenvalue weighted by Crippen LogP contribution is 2.51. The van der Waals surface area contributed by atoms with Crippen LogP contribution in [0.25, 0.3) is 0 Å². The lowest BCUT2D eigenvalue weighted by molar-refractivity contribution is 0.270. The van der Waals surface area contributed by atoms with Crippen molar-refractivity contribution in [3.05, 3.63) is 187 Å². The highest BCUT2D eigenvalue weighted by atomic mass is 28.5. The lowest BCUT2D eigenvalue weighted by atomic mass is 9.79. The molecule has 0 aromatic heterocycles. The van der Waals surface area contributed by atoms with E-state index in [1.807, 2.05) is 0 Å². The highest BCUT2D eigenvalue weighted by Gasteiger charge is 2.59. The van der Waals surface area contributed by atoms with Crippen LogP contribution in [0.4, 0.5) is 0 Å². The van der Waals surface area contributed by atoms with E-state index in [2.05, 4.69) is 248 Å². The van der Waals surface area contributed by atoms with Crippen molar-refractivity contribution in [2.24, 2.45) is 0 Å². The van der Waals surface area contributed by atoms with Crippen molar-refractivity contribution in [1.82, 2.24) is 0 Å². The number of rotatable bonds is 10. The SMILES string of the molecule is CC(C)[Si]1(C(C)C)Oc2c3cc(C(C)(C)C)cc2Cc2cc(C(C)(C)C)cc(c2O[Si](C(C)C)(C(C)C)O1)Cc1cc(C(C)(C)C)cc(c1OCc1ccccc1)Cc1cc(C(C)(C)C)cc(c1OCc1ccccc1)C3. The van der Waals surface area contributed by atoms with Crippen molar-refractivity contribution in [3.63, 3.8) is 0 Å². The number of fused-ring (bicyclic) bond motifs is 4. The minimum Gasteiger partial charge on any atom is -0.520 e. The Kier molecular flexibility index (Phi) is 16.5. The second-order valence-corrected chi connectivity index (χ2v) is 36.8. The lowest BCUT2D eigenvalue weighted by Crippen LogP contribution is -2.64. The van der Waals surface area contributed by atoms with E-state index in [0.29, 0.717) is 38.9 Å². The summed E-state index contributed by atoms with van der Waals surface area (Å²) in [4.78, 5) is 0. The van der Waals surface area contributed by atoms with Crippen molar-refractivity contribution in [3.8, 4) is 23.0 Å². The zero-order valence-electron chi connectivity index (χ0n) is 51.0. The standard InChI is InChI=1S/C70H94O5Si2/c1-45(2)76(46(3)4)73-65-55-32-53-37-59(67(9,10)11)35-51(63(53)71-43-49-27-23-21-24-28-49)31-52-36-60(68(12,13)14)38-54(64(52)72-44-50-29-25-22-26-30-50)33-56-40-62(70(18,19)20)42-58(34-57(65)41-61(39-55)69(15,16)17)66(56)74-77(75-76,47(5)6)48(7)8/h21-30,35-42,45-48H,31-34,43-44H2,1-20H3. The molecule has 0 amide bonds. The molecule has 0 radical (unpaired) electrons. The molecule has 6 aromatic carbocycles. The van der Waals surface area contributed by atoms with Crippen molar-refractivity contribution in [1.29, 1.82) is 0 Å². The Labute approximate surface area is 468 Å². The number of hydrogen-bond donors (Lipinski definition) is 0. The van der Waals surface area contributed by atoms with Gasteiger partial charge in [0.25, 0.3) is 0 Å². The molecular formula is C70H94O5Si2. The summed E-state index contributed by atoms with van der Waals surface area (Å²) in [6, 6.07) is 40.9. The van der Waals surface area contributed by atoms with Gasteiger partial charge in [0.2, 0.25) is 0 Å². The first-order valence-corrected chi connectivity index (χ1v) is 32.9. The molecule has 10 bridgehead atoms. The summed E-state index contributed by atoms with van der Waals surface area (Å²) in [5, 5.41) is 0. The Morgan fingerprint density at radius 3 is 0.844 bits per heavy atom. The van der Waals surface area contributed by atoms with Gasteiger partial charge in [0.1, 0.15) is 36.2 Å². The van der Waals surface area contributed by atoms with Gasteiger partial charge in [0.05, 0.1) is 0 Å². The molecule has 1 heterocycles. The van der Waals surface area contributed by atoms with E-state index in [4.69, 9.17) is 22.4 Å². The van der Waals surface area contributed by atoms with E-state index in [9.17, 15) is 0 Å². The summed E-state index contributed by atoms with van der Waals surface area (Å²) >= 11 is 0. The lowest BCUT2D eigenvalue weighted by Gasteiger charge is -2.49. The van der Waals surface area contributed by atoms with Crippen molar-refractivity contribution < 1.29 is 22.4 Å². The fourth-order valence-corrected chi connectivity index (χ4v) is 22.5. The first-order valence-electron chi connectivity index (χ1n) is 29.0. The maximum Gasteiger partial charge on any atom is 0.396 e. The van der Waals surface area contributed by atoms with Crippen LogP contribution in [0, 0.1) is 0 Å². The number of ether oxygens (including phenoxy) is 2.